The first-order valence-electron chi connectivity index (χ1n) is 4.83. The Bertz CT molecular complexity index is 179. The molecule has 0 unspecified atom stereocenters. The maximum Gasteiger partial charge on any atom is 0.234 e. The summed E-state index contributed by atoms with van der Waals surface area (Å²) in [5, 5.41) is 3.32. The van der Waals surface area contributed by atoms with Crippen LogP contribution in [0.3, 0.4) is 0 Å². The second kappa shape index (κ2) is 3.05. The minimum atomic E-state index is -0.176. The van der Waals surface area contributed by atoms with Gasteiger partial charge >= 0.3 is 0 Å². The fourth-order valence-corrected chi connectivity index (χ4v) is 2.54. The smallest absolute Gasteiger partial charge is 0.234 e. The molecule has 12 heavy (non-hydrogen) atoms. The van der Waals surface area contributed by atoms with Crippen molar-refractivity contribution in [2.24, 2.45) is 11.7 Å². The zero-order valence-electron chi connectivity index (χ0n) is 7.25. The average molecular weight is 168 g/mol. The lowest BCUT2D eigenvalue weighted by Gasteiger charge is -2.24. The van der Waals surface area contributed by atoms with Crippen molar-refractivity contribution in [1.82, 2.24) is 5.32 Å². The average Bonchev–Trinajstić information content (AvgIpc) is 2.46. The summed E-state index contributed by atoms with van der Waals surface area (Å²) in [6.45, 7) is 0. The van der Waals surface area contributed by atoms with E-state index in [0.717, 1.165) is 12.3 Å². The molecular weight excluding hydrogens is 152 g/mol. The predicted octanol–water partition coefficient (Wildman–Crippen LogP) is 0.392. The molecule has 2 aliphatic rings. The topological polar surface area (TPSA) is 55.1 Å². The molecule has 1 saturated heterocycles. The van der Waals surface area contributed by atoms with Gasteiger partial charge in [-0.15, -0.1) is 0 Å². The molecule has 1 heterocycles. The van der Waals surface area contributed by atoms with Crippen molar-refractivity contribution in [2.45, 2.75) is 44.2 Å². The number of hydrogen-bond donors (Lipinski definition) is 2. The Labute approximate surface area is 72.7 Å². The Balaban J connectivity index is 1.98. The van der Waals surface area contributed by atoms with Crippen LogP contribution in [0.1, 0.15) is 32.1 Å². The maximum atomic E-state index is 10.9. The van der Waals surface area contributed by atoms with Gasteiger partial charge in [-0.3, -0.25) is 4.79 Å². The Hall–Kier alpha value is -0.570. The van der Waals surface area contributed by atoms with Crippen LogP contribution in [0.5, 0.6) is 0 Å². The van der Waals surface area contributed by atoms with Crippen molar-refractivity contribution in [3.05, 3.63) is 0 Å². The summed E-state index contributed by atoms with van der Waals surface area (Å²) in [5.74, 6) is 0.542. The Kier molecular flexibility index (Phi) is 2.05. The highest BCUT2D eigenvalue weighted by Crippen LogP contribution is 2.32. The van der Waals surface area contributed by atoms with Crippen molar-refractivity contribution in [3.63, 3.8) is 0 Å². The van der Waals surface area contributed by atoms with E-state index in [0.29, 0.717) is 6.04 Å². The zero-order chi connectivity index (χ0) is 8.55. The van der Waals surface area contributed by atoms with Crippen molar-refractivity contribution < 1.29 is 4.79 Å². The van der Waals surface area contributed by atoms with Gasteiger partial charge in [0, 0.05) is 6.04 Å². The lowest BCUT2D eigenvalue weighted by atomic mass is 9.85. The molecule has 0 bridgehead atoms. The summed E-state index contributed by atoms with van der Waals surface area (Å²) in [7, 11) is 0. The molecule has 1 aliphatic carbocycles. The number of carbonyl (C=O) groups excluding carboxylic acids is 1. The molecule has 2 rings (SSSR count). The third-order valence-corrected chi connectivity index (χ3v) is 3.21. The molecular formula is C9H16N2O. The number of fused-ring (bicyclic) bond motifs is 1. The summed E-state index contributed by atoms with van der Waals surface area (Å²) >= 11 is 0. The van der Waals surface area contributed by atoms with E-state index in [1.165, 1.54) is 25.7 Å². The van der Waals surface area contributed by atoms with E-state index in [1.54, 1.807) is 0 Å². The number of rotatable bonds is 1. The van der Waals surface area contributed by atoms with Crippen LogP contribution >= 0.6 is 0 Å². The van der Waals surface area contributed by atoms with E-state index < -0.39 is 0 Å². The quantitative estimate of drug-likeness (QED) is 0.595. The fraction of sp³-hybridized carbons (Fsp3) is 0.889. The van der Waals surface area contributed by atoms with Crippen LogP contribution < -0.4 is 11.1 Å². The number of carbonyl (C=O) groups is 1. The van der Waals surface area contributed by atoms with E-state index in [4.69, 9.17) is 5.73 Å². The SMILES string of the molecule is NC(=O)[C@@H]1C[C@H]2CCCC[C@H]2N1. The van der Waals surface area contributed by atoms with Crippen molar-refractivity contribution in [1.29, 1.82) is 0 Å². The molecule has 1 saturated carbocycles. The van der Waals surface area contributed by atoms with Gasteiger partial charge in [0.15, 0.2) is 0 Å². The normalized spacial score (nSPS) is 40.8. The summed E-state index contributed by atoms with van der Waals surface area (Å²) < 4.78 is 0. The zero-order valence-corrected chi connectivity index (χ0v) is 7.25. The van der Waals surface area contributed by atoms with Gasteiger partial charge in [0.05, 0.1) is 6.04 Å². The number of hydrogen-bond acceptors (Lipinski definition) is 2. The summed E-state index contributed by atoms with van der Waals surface area (Å²) in [6.07, 6.45) is 6.11. The Morgan fingerprint density at radius 3 is 2.75 bits per heavy atom. The van der Waals surface area contributed by atoms with Crippen LogP contribution in [0, 0.1) is 5.92 Å². The van der Waals surface area contributed by atoms with Gasteiger partial charge < -0.3 is 11.1 Å². The van der Waals surface area contributed by atoms with E-state index in [-0.39, 0.29) is 11.9 Å². The van der Waals surface area contributed by atoms with Gasteiger partial charge in [-0.1, -0.05) is 12.8 Å². The number of nitrogens with two attached hydrogens (primary N) is 1. The minimum Gasteiger partial charge on any atom is -0.368 e. The van der Waals surface area contributed by atoms with Crippen molar-refractivity contribution in [3.8, 4) is 0 Å². The fourth-order valence-electron chi connectivity index (χ4n) is 2.54. The molecule has 68 valence electrons. The monoisotopic (exact) mass is 168 g/mol. The van der Waals surface area contributed by atoms with Crippen LogP contribution in [0.25, 0.3) is 0 Å². The minimum absolute atomic E-state index is 0.0434. The third-order valence-electron chi connectivity index (χ3n) is 3.21. The predicted molar refractivity (Wildman–Crippen MR) is 46.5 cm³/mol. The molecule has 3 heteroatoms. The van der Waals surface area contributed by atoms with Gasteiger partial charge in [-0.25, -0.2) is 0 Å². The van der Waals surface area contributed by atoms with Crippen LogP contribution in [0.15, 0.2) is 0 Å². The number of primary amides is 1. The molecule has 0 aromatic carbocycles. The molecule has 0 radical (unpaired) electrons. The molecule has 0 aromatic rings. The van der Waals surface area contributed by atoms with Gasteiger partial charge in [0.25, 0.3) is 0 Å². The molecule has 2 fully saturated rings. The standard InChI is InChI=1S/C9H16N2O/c10-9(12)8-5-6-3-1-2-4-7(6)11-8/h6-8,11H,1-5H2,(H2,10,12)/t6-,7-,8+/m1/s1. The van der Waals surface area contributed by atoms with Gasteiger partial charge in [-0.2, -0.15) is 0 Å². The number of nitrogens with one attached hydrogen (secondary N) is 1. The maximum absolute atomic E-state index is 10.9. The molecule has 1 amide bonds. The van der Waals surface area contributed by atoms with Gasteiger partial charge in [-0.05, 0) is 25.2 Å². The summed E-state index contributed by atoms with van der Waals surface area (Å²) in [4.78, 5) is 10.9. The Morgan fingerprint density at radius 2 is 2.08 bits per heavy atom. The van der Waals surface area contributed by atoms with E-state index in [1.807, 2.05) is 0 Å². The van der Waals surface area contributed by atoms with E-state index in [2.05, 4.69) is 5.32 Å². The molecule has 3 nitrogen and oxygen atoms in total. The first-order chi connectivity index (χ1) is 5.77. The molecule has 0 aromatic heterocycles. The van der Waals surface area contributed by atoms with Crippen LogP contribution in [-0.2, 0) is 4.79 Å². The van der Waals surface area contributed by atoms with Crippen molar-refractivity contribution in [2.75, 3.05) is 0 Å². The highest BCUT2D eigenvalue weighted by molar-refractivity contribution is 5.80. The molecule has 3 atom stereocenters. The van der Waals surface area contributed by atoms with Crippen molar-refractivity contribution >= 4 is 5.91 Å². The molecule has 0 spiro atoms. The molecule has 1 aliphatic heterocycles. The lowest BCUT2D eigenvalue weighted by molar-refractivity contribution is -0.119. The lowest BCUT2D eigenvalue weighted by Crippen LogP contribution is -2.40. The Morgan fingerprint density at radius 1 is 1.33 bits per heavy atom. The summed E-state index contributed by atoms with van der Waals surface area (Å²) in [5.41, 5.74) is 5.25. The highest BCUT2D eigenvalue weighted by atomic mass is 16.1. The number of amides is 1. The second-order valence-corrected chi connectivity index (χ2v) is 4.01. The van der Waals surface area contributed by atoms with Gasteiger partial charge in [0.2, 0.25) is 5.91 Å². The third kappa shape index (κ3) is 1.33. The first kappa shape index (κ1) is 8.05. The van der Waals surface area contributed by atoms with Gasteiger partial charge in [0.1, 0.15) is 0 Å². The van der Waals surface area contributed by atoms with Crippen LogP contribution in [0.2, 0.25) is 0 Å². The largest absolute Gasteiger partial charge is 0.368 e. The van der Waals surface area contributed by atoms with Crippen LogP contribution in [-0.4, -0.2) is 18.0 Å². The highest BCUT2D eigenvalue weighted by Gasteiger charge is 2.37. The second-order valence-electron chi connectivity index (χ2n) is 4.01. The first-order valence-corrected chi connectivity index (χ1v) is 4.83. The van der Waals surface area contributed by atoms with Crippen LogP contribution in [0.4, 0.5) is 0 Å². The summed E-state index contributed by atoms with van der Waals surface area (Å²) in [6, 6.07) is 0.536. The van der Waals surface area contributed by atoms with E-state index >= 15 is 0 Å². The van der Waals surface area contributed by atoms with E-state index in [9.17, 15) is 4.79 Å². The molecule has 3 N–H and O–H groups in total.